The van der Waals surface area contributed by atoms with Crippen molar-refractivity contribution in [2.75, 3.05) is 5.32 Å². The maximum absolute atomic E-state index is 13.1. The molecule has 2 aromatic rings. The van der Waals surface area contributed by atoms with Crippen molar-refractivity contribution in [3.8, 4) is 0 Å². The van der Waals surface area contributed by atoms with Crippen molar-refractivity contribution in [1.29, 1.82) is 0 Å². The Bertz CT molecular complexity index is 883. The minimum atomic E-state index is -1.20. The van der Waals surface area contributed by atoms with E-state index in [2.05, 4.69) is 5.32 Å². The number of halogens is 1. The quantitative estimate of drug-likeness (QED) is 0.523. The van der Waals surface area contributed by atoms with E-state index in [-0.39, 0.29) is 28.5 Å². The first kappa shape index (κ1) is 21.0. The van der Waals surface area contributed by atoms with Gasteiger partial charge in [0, 0.05) is 23.3 Å². The smallest absolute Gasteiger partial charge is 0.335 e. The highest BCUT2D eigenvalue weighted by Gasteiger charge is 2.24. The Kier molecular flexibility index (Phi) is 6.81. The summed E-state index contributed by atoms with van der Waals surface area (Å²) in [6, 6.07) is 8.53. The van der Waals surface area contributed by atoms with Crippen LogP contribution >= 0.6 is 0 Å². The van der Waals surface area contributed by atoms with E-state index in [9.17, 15) is 29.2 Å². The summed E-state index contributed by atoms with van der Waals surface area (Å²) in [6.45, 7) is 3.18. The molecule has 2 unspecified atom stereocenters. The number of anilines is 1. The molecule has 0 aromatic heterocycles. The highest BCUT2D eigenvalue weighted by atomic mass is 19.1. The lowest BCUT2D eigenvalue weighted by Gasteiger charge is -2.18. The first-order valence-electron chi connectivity index (χ1n) is 8.79. The highest BCUT2D eigenvalue weighted by Crippen LogP contribution is 2.27. The summed E-state index contributed by atoms with van der Waals surface area (Å²) >= 11 is 0. The third kappa shape index (κ3) is 5.12. The number of nitro groups is 1. The summed E-state index contributed by atoms with van der Waals surface area (Å²) in [5.74, 6) is -2.41. The third-order valence-electron chi connectivity index (χ3n) is 4.58. The molecule has 0 saturated heterocycles. The standard InChI is InChI=1S/C20H21FN2O5/c1-3-14(10-13-4-7-16(21)8-5-13)19(24)22-18-11-15(20(25)26)6-9-17(18)12(2)23(27)28/h4-9,11-12,14H,3,10H2,1-2H3,(H,22,24)(H,25,26). The van der Waals surface area contributed by atoms with E-state index >= 15 is 0 Å². The third-order valence-corrected chi connectivity index (χ3v) is 4.58. The number of aromatic carboxylic acids is 1. The molecule has 2 N–H and O–H groups in total. The Morgan fingerprint density at radius 1 is 1.21 bits per heavy atom. The Morgan fingerprint density at radius 2 is 1.86 bits per heavy atom. The van der Waals surface area contributed by atoms with E-state index in [0.29, 0.717) is 12.8 Å². The Hall–Kier alpha value is -3.29. The zero-order chi connectivity index (χ0) is 20.8. The van der Waals surface area contributed by atoms with E-state index in [1.165, 1.54) is 37.3 Å². The van der Waals surface area contributed by atoms with Crippen LogP contribution < -0.4 is 5.32 Å². The predicted molar refractivity (Wildman–Crippen MR) is 101 cm³/mol. The maximum Gasteiger partial charge on any atom is 0.335 e. The number of hydrogen-bond donors (Lipinski definition) is 2. The molecular formula is C20H21FN2O5. The van der Waals surface area contributed by atoms with E-state index in [4.69, 9.17) is 0 Å². The molecule has 0 aliphatic rings. The van der Waals surface area contributed by atoms with Crippen molar-refractivity contribution in [2.24, 2.45) is 5.92 Å². The maximum atomic E-state index is 13.1. The fourth-order valence-electron chi connectivity index (χ4n) is 2.84. The van der Waals surface area contributed by atoms with Crippen LogP contribution in [0.2, 0.25) is 0 Å². The molecule has 1 amide bonds. The van der Waals surface area contributed by atoms with Crippen LogP contribution in [0.1, 0.15) is 47.8 Å². The van der Waals surface area contributed by atoms with E-state index in [0.717, 1.165) is 5.56 Å². The number of amides is 1. The van der Waals surface area contributed by atoms with Crippen LogP contribution in [0.3, 0.4) is 0 Å². The normalized spacial score (nSPS) is 12.8. The fraction of sp³-hybridized carbons (Fsp3) is 0.300. The van der Waals surface area contributed by atoms with Crippen LogP contribution in [0.15, 0.2) is 42.5 Å². The fourth-order valence-corrected chi connectivity index (χ4v) is 2.84. The minimum absolute atomic E-state index is 0.0822. The monoisotopic (exact) mass is 388 g/mol. The zero-order valence-corrected chi connectivity index (χ0v) is 15.5. The number of carbonyl (C=O) groups is 2. The summed E-state index contributed by atoms with van der Waals surface area (Å²) in [5.41, 5.74) is 1.02. The lowest BCUT2D eigenvalue weighted by molar-refractivity contribution is -0.524. The first-order chi connectivity index (χ1) is 13.2. The molecule has 0 saturated carbocycles. The first-order valence-corrected chi connectivity index (χ1v) is 8.79. The molecule has 2 aromatic carbocycles. The largest absolute Gasteiger partial charge is 0.478 e. The second-order valence-corrected chi connectivity index (χ2v) is 6.49. The number of rotatable bonds is 8. The van der Waals surface area contributed by atoms with Gasteiger partial charge in [-0.25, -0.2) is 9.18 Å². The Labute approximate surface area is 161 Å². The van der Waals surface area contributed by atoms with E-state index in [1.54, 1.807) is 12.1 Å². The van der Waals surface area contributed by atoms with Gasteiger partial charge >= 0.3 is 5.97 Å². The van der Waals surface area contributed by atoms with Crippen LogP contribution in [0, 0.1) is 21.8 Å². The molecule has 0 spiro atoms. The number of nitrogens with zero attached hydrogens (tertiary/aromatic N) is 1. The van der Waals surface area contributed by atoms with Crippen LogP contribution in [0.5, 0.6) is 0 Å². The summed E-state index contributed by atoms with van der Waals surface area (Å²) in [6.07, 6.45) is 0.851. The molecule has 28 heavy (non-hydrogen) atoms. The van der Waals surface area contributed by atoms with Gasteiger partial charge in [0.25, 0.3) is 0 Å². The number of carboxylic acids is 1. The highest BCUT2D eigenvalue weighted by molar-refractivity contribution is 5.96. The van der Waals surface area contributed by atoms with Crippen molar-refractivity contribution >= 4 is 17.6 Å². The van der Waals surface area contributed by atoms with Crippen molar-refractivity contribution in [3.63, 3.8) is 0 Å². The van der Waals surface area contributed by atoms with Gasteiger partial charge in [0.2, 0.25) is 11.9 Å². The SMILES string of the molecule is CCC(Cc1ccc(F)cc1)C(=O)Nc1cc(C(=O)O)ccc1C(C)[N+](=O)[O-]. The van der Waals surface area contributed by atoms with Gasteiger partial charge in [0.1, 0.15) is 5.82 Å². The van der Waals surface area contributed by atoms with Crippen molar-refractivity contribution in [3.05, 3.63) is 75.1 Å². The number of carbonyl (C=O) groups excluding carboxylic acids is 1. The average Bonchev–Trinajstić information content (AvgIpc) is 2.66. The molecular weight excluding hydrogens is 367 g/mol. The Balaban J connectivity index is 2.28. The second kappa shape index (κ2) is 9.07. The van der Waals surface area contributed by atoms with Gasteiger partial charge in [0.05, 0.1) is 11.3 Å². The van der Waals surface area contributed by atoms with Crippen molar-refractivity contribution < 1.29 is 24.0 Å². The predicted octanol–water partition coefficient (Wildman–Crippen LogP) is 4.07. The molecule has 2 atom stereocenters. The topological polar surface area (TPSA) is 110 Å². The molecule has 8 heteroatoms. The van der Waals surface area contributed by atoms with Crippen LogP contribution in [-0.4, -0.2) is 21.9 Å². The molecule has 7 nitrogen and oxygen atoms in total. The molecule has 2 rings (SSSR count). The summed E-state index contributed by atoms with van der Waals surface area (Å²) in [4.78, 5) is 34.6. The number of nitrogens with one attached hydrogen (secondary N) is 1. The van der Waals surface area contributed by atoms with Crippen molar-refractivity contribution in [2.45, 2.75) is 32.7 Å². The number of benzene rings is 2. The lowest BCUT2D eigenvalue weighted by atomic mass is 9.95. The summed E-state index contributed by atoms with van der Waals surface area (Å²) in [7, 11) is 0. The second-order valence-electron chi connectivity index (χ2n) is 6.49. The van der Waals surface area contributed by atoms with Crippen LogP contribution in [0.25, 0.3) is 0 Å². The van der Waals surface area contributed by atoms with Crippen LogP contribution in [-0.2, 0) is 11.2 Å². The minimum Gasteiger partial charge on any atom is -0.478 e. The molecule has 0 radical (unpaired) electrons. The van der Waals surface area contributed by atoms with Gasteiger partial charge in [-0.15, -0.1) is 0 Å². The van der Waals surface area contributed by atoms with Crippen LogP contribution in [0.4, 0.5) is 10.1 Å². The number of hydrogen-bond acceptors (Lipinski definition) is 4. The molecule has 0 aliphatic heterocycles. The molecule has 0 bridgehead atoms. The number of carboxylic acid groups (broad SMARTS) is 1. The Morgan fingerprint density at radius 3 is 2.39 bits per heavy atom. The van der Waals surface area contributed by atoms with E-state index in [1.807, 2.05) is 6.92 Å². The van der Waals surface area contributed by atoms with Gasteiger partial charge in [0.15, 0.2) is 0 Å². The van der Waals surface area contributed by atoms with Crippen molar-refractivity contribution in [1.82, 2.24) is 0 Å². The van der Waals surface area contributed by atoms with Gasteiger partial charge in [-0.3, -0.25) is 14.9 Å². The summed E-state index contributed by atoms with van der Waals surface area (Å²) < 4.78 is 13.1. The average molecular weight is 388 g/mol. The van der Waals surface area contributed by atoms with E-state index < -0.39 is 22.9 Å². The van der Waals surface area contributed by atoms with Gasteiger partial charge in [-0.2, -0.15) is 0 Å². The lowest BCUT2D eigenvalue weighted by Crippen LogP contribution is -2.25. The molecule has 148 valence electrons. The molecule has 0 aliphatic carbocycles. The molecule has 0 fully saturated rings. The van der Waals surface area contributed by atoms with Gasteiger partial charge < -0.3 is 10.4 Å². The summed E-state index contributed by atoms with van der Waals surface area (Å²) in [5, 5.41) is 23.0. The zero-order valence-electron chi connectivity index (χ0n) is 15.5. The van der Waals surface area contributed by atoms with Gasteiger partial charge in [-0.1, -0.05) is 19.1 Å². The van der Waals surface area contributed by atoms with Gasteiger partial charge in [-0.05, 0) is 48.7 Å². The molecule has 0 heterocycles.